The number of nitrogens with zero attached hydrogens (tertiary/aromatic N) is 3. The lowest BCUT2D eigenvalue weighted by molar-refractivity contribution is -0.123. The van der Waals surface area contributed by atoms with Gasteiger partial charge in [0.15, 0.2) is 5.82 Å². The number of aryl methyl sites for hydroxylation is 3. The predicted octanol–water partition coefficient (Wildman–Crippen LogP) is 5.23. The van der Waals surface area contributed by atoms with E-state index in [9.17, 15) is 4.79 Å². The average molecular weight is 562 g/mol. The highest BCUT2D eigenvalue weighted by Crippen LogP contribution is 2.28. The summed E-state index contributed by atoms with van der Waals surface area (Å²) in [4.78, 5) is 13.5. The Bertz CT molecular complexity index is 1520. The minimum absolute atomic E-state index is 0.0303. The molecule has 0 spiro atoms. The van der Waals surface area contributed by atoms with Crippen LogP contribution in [0.3, 0.4) is 0 Å². The van der Waals surface area contributed by atoms with E-state index in [2.05, 4.69) is 82.0 Å². The van der Waals surface area contributed by atoms with Gasteiger partial charge in [-0.1, -0.05) is 72.8 Å². The van der Waals surface area contributed by atoms with Crippen molar-refractivity contribution in [3.05, 3.63) is 118 Å². The predicted molar refractivity (Wildman–Crippen MR) is 165 cm³/mol. The van der Waals surface area contributed by atoms with E-state index in [0.29, 0.717) is 13.0 Å². The van der Waals surface area contributed by atoms with Gasteiger partial charge in [-0.05, 0) is 78.6 Å². The van der Waals surface area contributed by atoms with E-state index in [0.717, 1.165) is 68.0 Å². The molecule has 0 bridgehead atoms. The molecule has 0 saturated carbocycles. The standard InChI is InChI=1S/C35H39N5O2/c1-42-29-19-16-26(17-20-29)24-40-33(21-18-25-9-3-2-4-10-25)38-39-34(40)32(37-35(41)31-15-8-22-36-31)23-28-13-7-12-27-11-5-6-14-30(27)28/h2-4,6-7,9-10,12-14,16-17,19-20,31-32,36H,5,8,11,15,18,21-24H2,1H3,(H,37,41)/t31?,32-/m1/s1. The number of ether oxygens (including phenoxy) is 1. The van der Waals surface area contributed by atoms with E-state index in [1.165, 1.54) is 22.3 Å². The molecule has 1 amide bonds. The molecule has 0 radical (unpaired) electrons. The largest absolute Gasteiger partial charge is 0.497 e. The molecule has 2 atom stereocenters. The Hall–Kier alpha value is -4.23. The molecule has 1 aliphatic heterocycles. The van der Waals surface area contributed by atoms with Gasteiger partial charge in [0.05, 0.1) is 25.7 Å². The van der Waals surface area contributed by atoms with Crippen LogP contribution < -0.4 is 15.4 Å². The van der Waals surface area contributed by atoms with Gasteiger partial charge in [-0.2, -0.15) is 0 Å². The number of allylic oxidation sites excluding steroid dienone is 1. The Morgan fingerprint density at radius 1 is 1.02 bits per heavy atom. The summed E-state index contributed by atoms with van der Waals surface area (Å²) in [5.41, 5.74) is 6.24. The van der Waals surface area contributed by atoms with E-state index in [4.69, 9.17) is 14.9 Å². The van der Waals surface area contributed by atoms with Crippen molar-refractivity contribution in [2.75, 3.05) is 13.7 Å². The van der Waals surface area contributed by atoms with Crippen LogP contribution in [0, 0.1) is 0 Å². The third-order valence-corrected chi connectivity index (χ3v) is 8.42. The summed E-state index contributed by atoms with van der Waals surface area (Å²) in [6.45, 7) is 1.48. The minimum atomic E-state index is -0.321. The van der Waals surface area contributed by atoms with Gasteiger partial charge in [-0.15, -0.1) is 10.2 Å². The van der Waals surface area contributed by atoms with E-state index >= 15 is 0 Å². The quantitative estimate of drug-likeness (QED) is 0.262. The first-order valence-corrected chi connectivity index (χ1v) is 15.1. The smallest absolute Gasteiger partial charge is 0.237 e. The number of fused-ring (bicyclic) bond motifs is 1. The Labute approximate surface area is 248 Å². The molecule has 2 aliphatic rings. The highest BCUT2D eigenvalue weighted by atomic mass is 16.5. The van der Waals surface area contributed by atoms with Gasteiger partial charge < -0.3 is 19.9 Å². The molecule has 3 aromatic carbocycles. The third-order valence-electron chi connectivity index (χ3n) is 8.42. The number of aromatic nitrogens is 3. The zero-order valence-electron chi connectivity index (χ0n) is 24.3. The van der Waals surface area contributed by atoms with Crippen molar-refractivity contribution in [2.24, 2.45) is 0 Å². The third kappa shape index (κ3) is 6.47. The first-order valence-electron chi connectivity index (χ1n) is 15.1. The Kier molecular flexibility index (Phi) is 8.75. The highest BCUT2D eigenvalue weighted by Gasteiger charge is 2.29. The summed E-state index contributed by atoms with van der Waals surface area (Å²) in [6, 6.07) is 24.6. The molecule has 216 valence electrons. The number of hydrogen-bond donors (Lipinski definition) is 2. The van der Waals surface area contributed by atoms with Gasteiger partial charge in [0, 0.05) is 12.8 Å². The normalized spacial score (nSPS) is 16.6. The van der Waals surface area contributed by atoms with Crippen molar-refractivity contribution in [1.82, 2.24) is 25.4 Å². The minimum Gasteiger partial charge on any atom is -0.497 e. The first-order chi connectivity index (χ1) is 20.7. The molecular formula is C35H39N5O2. The summed E-state index contributed by atoms with van der Waals surface area (Å²) in [6.07, 6.45) is 10.7. The lowest BCUT2D eigenvalue weighted by Gasteiger charge is -2.24. The van der Waals surface area contributed by atoms with E-state index in [1.54, 1.807) is 7.11 Å². The second-order valence-electron chi connectivity index (χ2n) is 11.2. The van der Waals surface area contributed by atoms with E-state index < -0.39 is 0 Å². The Balaban J connectivity index is 1.36. The number of hydrogen-bond acceptors (Lipinski definition) is 5. The van der Waals surface area contributed by atoms with Crippen LogP contribution in [0.4, 0.5) is 0 Å². The molecular weight excluding hydrogens is 522 g/mol. The molecule has 7 nitrogen and oxygen atoms in total. The number of carbonyl (C=O) groups excluding carboxylic acids is 1. The highest BCUT2D eigenvalue weighted by molar-refractivity contribution is 5.82. The number of rotatable bonds is 11. The monoisotopic (exact) mass is 561 g/mol. The fourth-order valence-electron chi connectivity index (χ4n) is 6.10. The molecule has 1 unspecified atom stereocenters. The van der Waals surface area contributed by atoms with E-state index in [1.807, 2.05) is 18.2 Å². The summed E-state index contributed by atoms with van der Waals surface area (Å²) in [5.74, 6) is 2.56. The number of methoxy groups -OCH3 is 1. The molecule has 2 heterocycles. The van der Waals surface area contributed by atoms with Gasteiger partial charge in [-0.3, -0.25) is 4.79 Å². The zero-order valence-corrected chi connectivity index (χ0v) is 24.3. The zero-order chi connectivity index (χ0) is 28.7. The van der Waals surface area contributed by atoms with Crippen molar-refractivity contribution in [1.29, 1.82) is 0 Å². The van der Waals surface area contributed by atoms with Crippen LogP contribution in [-0.4, -0.2) is 40.4 Å². The van der Waals surface area contributed by atoms with Gasteiger partial charge in [0.25, 0.3) is 0 Å². The van der Waals surface area contributed by atoms with Crippen molar-refractivity contribution in [2.45, 2.75) is 63.6 Å². The number of nitrogens with one attached hydrogen (secondary N) is 2. The Morgan fingerprint density at radius 3 is 2.67 bits per heavy atom. The second kappa shape index (κ2) is 13.2. The molecule has 1 fully saturated rings. The van der Waals surface area contributed by atoms with Crippen LogP contribution in [0.15, 0.2) is 78.9 Å². The Morgan fingerprint density at radius 2 is 1.88 bits per heavy atom. The van der Waals surface area contributed by atoms with Crippen LogP contribution in [0.25, 0.3) is 6.08 Å². The molecule has 6 rings (SSSR count). The maximum absolute atomic E-state index is 13.5. The molecule has 2 N–H and O–H groups in total. The molecule has 1 aromatic heterocycles. The summed E-state index contributed by atoms with van der Waals surface area (Å²) < 4.78 is 7.60. The van der Waals surface area contributed by atoms with Gasteiger partial charge in [-0.25, -0.2) is 0 Å². The van der Waals surface area contributed by atoms with Crippen molar-refractivity contribution in [3.8, 4) is 5.75 Å². The second-order valence-corrected chi connectivity index (χ2v) is 11.2. The number of benzene rings is 3. The van der Waals surface area contributed by atoms with Gasteiger partial charge in [0.1, 0.15) is 11.6 Å². The van der Waals surface area contributed by atoms with Crippen LogP contribution in [-0.2, 0) is 37.0 Å². The van der Waals surface area contributed by atoms with Crippen LogP contribution in [0.5, 0.6) is 5.75 Å². The van der Waals surface area contributed by atoms with Gasteiger partial charge in [0.2, 0.25) is 5.91 Å². The summed E-state index contributed by atoms with van der Waals surface area (Å²) in [5, 5.41) is 16.3. The van der Waals surface area contributed by atoms with Crippen molar-refractivity contribution >= 4 is 12.0 Å². The molecule has 4 aromatic rings. The van der Waals surface area contributed by atoms with Crippen molar-refractivity contribution < 1.29 is 9.53 Å². The molecule has 1 aliphatic carbocycles. The maximum Gasteiger partial charge on any atom is 0.237 e. The lowest BCUT2D eigenvalue weighted by atomic mass is 9.90. The molecule has 1 saturated heterocycles. The summed E-state index contributed by atoms with van der Waals surface area (Å²) >= 11 is 0. The lowest BCUT2D eigenvalue weighted by Crippen LogP contribution is -2.43. The SMILES string of the molecule is COc1ccc(Cn2c(CCc3ccccc3)nnc2[C@@H](Cc2cccc3c2C=CCC3)NC(=O)C2CCCN2)cc1. The topological polar surface area (TPSA) is 81.1 Å². The maximum atomic E-state index is 13.5. The average Bonchev–Trinajstić information content (AvgIpc) is 3.72. The number of carbonyl (C=O) groups is 1. The first kappa shape index (κ1) is 27.9. The molecule has 42 heavy (non-hydrogen) atoms. The fraction of sp³-hybridized carbons (Fsp3) is 0.343. The van der Waals surface area contributed by atoms with Crippen LogP contribution in [0.2, 0.25) is 0 Å². The van der Waals surface area contributed by atoms with Crippen LogP contribution in [0.1, 0.15) is 64.8 Å². The fourth-order valence-corrected chi connectivity index (χ4v) is 6.10. The van der Waals surface area contributed by atoms with E-state index in [-0.39, 0.29) is 18.0 Å². The summed E-state index contributed by atoms with van der Waals surface area (Å²) in [7, 11) is 1.68. The van der Waals surface area contributed by atoms with Crippen LogP contribution >= 0.6 is 0 Å². The van der Waals surface area contributed by atoms with Crippen molar-refractivity contribution in [3.63, 3.8) is 0 Å². The molecule has 7 heteroatoms. The number of amides is 1. The van der Waals surface area contributed by atoms with Gasteiger partial charge >= 0.3 is 0 Å².